The first kappa shape index (κ1) is 9.90. The van der Waals surface area contributed by atoms with Gasteiger partial charge in [0.2, 0.25) is 0 Å². The van der Waals surface area contributed by atoms with Gasteiger partial charge in [0.15, 0.2) is 0 Å². The van der Waals surface area contributed by atoms with E-state index in [0.29, 0.717) is 5.92 Å². The molecule has 12 heavy (non-hydrogen) atoms. The van der Waals surface area contributed by atoms with E-state index in [1.165, 1.54) is 6.42 Å². The largest absolute Gasteiger partial charge is 0.387 e. The minimum atomic E-state index is -2.56. The molecule has 0 aromatic carbocycles. The van der Waals surface area contributed by atoms with Crippen LogP contribution in [0.1, 0.15) is 38.5 Å². The molecule has 1 unspecified atom stereocenters. The van der Waals surface area contributed by atoms with E-state index in [2.05, 4.69) is 0 Å². The van der Waals surface area contributed by atoms with Crippen molar-refractivity contribution in [1.29, 1.82) is 0 Å². The van der Waals surface area contributed by atoms with Gasteiger partial charge in [-0.15, -0.1) is 0 Å². The summed E-state index contributed by atoms with van der Waals surface area (Å²) in [5.74, 6) is 0.336. The Morgan fingerprint density at radius 2 is 1.75 bits per heavy atom. The summed E-state index contributed by atoms with van der Waals surface area (Å²) in [6.45, 7) is 0. The molecule has 0 saturated heterocycles. The molecule has 1 aliphatic carbocycles. The van der Waals surface area contributed by atoms with Crippen LogP contribution >= 0.6 is 0 Å². The molecule has 0 aliphatic heterocycles. The first-order valence-electron chi connectivity index (χ1n) is 4.66. The van der Waals surface area contributed by atoms with Crippen molar-refractivity contribution in [3.8, 4) is 0 Å². The second-order valence-electron chi connectivity index (χ2n) is 3.64. The quantitative estimate of drug-likeness (QED) is 0.704. The summed E-state index contributed by atoms with van der Waals surface area (Å²) in [6, 6.07) is 0. The summed E-state index contributed by atoms with van der Waals surface area (Å²) in [5, 5.41) is 8.93. The molecule has 0 bridgehead atoms. The second-order valence-corrected chi connectivity index (χ2v) is 3.64. The van der Waals surface area contributed by atoms with E-state index in [0.717, 1.165) is 25.7 Å². The molecule has 1 nitrogen and oxygen atoms in total. The maximum Gasteiger partial charge on any atom is 0.264 e. The Hall–Kier alpha value is -0.180. The van der Waals surface area contributed by atoms with Crippen LogP contribution in [0.3, 0.4) is 0 Å². The van der Waals surface area contributed by atoms with E-state index >= 15 is 0 Å². The van der Waals surface area contributed by atoms with Crippen molar-refractivity contribution in [2.24, 2.45) is 5.92 Å². The third kappa shape index (κ3) is 3.05. The highest BCUT2D eigenvalue weighted by atomic mass is 19.3. The Kier molecular flexibility index (Phi) is 3.92. The lowest BCUT2D eigenvalue weighted by atomic mass is 9.85. The highest BCUT2D eigenvalue weighted by molar-refractivity contribution is 4.70. The van der Waals surface area contributed by atoms with E-state index in [1.807, 2.05) is 0 Å². The average Bonchev–Trinajstić information content (AvgIpc) is 2.06. The van der Waals surface area contributed by atoms with Gasteiger partial charge >= 0.3 is 0 Å². The smallest absolute Gasteiger partial charge is 0.264 e. The van der Waals surface area contributed by atoms with Gasteiger partial charge in [-0.1, -0.05) is 32.1 Å². The Morgan fingerprint density at radius 1 is 1.17 bits per heavy atom. The third-order valence-corrected chi connectivity index (χ3v) is 2.59. The molecule has 72 valence electrons. The molecule has 0 aromatic rings. The van der Waals surface area contributed by atoms with Gasteiger partial charge in [-0.25, -0.2) is 8.78 Å². The third-order valence-electron chi connectivity index (χ3n) is 2.59. The molecule has 1 atom stereocenters. The van der Waals surface area contributed by atoms with Crippen molar-refractivity contribution in [1.82, 2.24) is 0 Å². The summed E-state index contributed by atoms with van der Waals surface area (Å²) in [4.78, 5) is 0. The minimum absolute atomic E-state index is 0.289. The molecule has 1 aliphatic rings. The van der Waals surface area contributed by atoms with Gasteiger partial charge < -0.3 is 5.11 Å². The fraction of sp³-hybridized carbons (Fsp3) is 1.00. The number of aliphatic hydroxyl groups is 1. The molecule has 1 saturated carbocycles. The molecule has 0 spiro atoms. The summed E-state index contributed by atoms with van der Waals surface area (Å²) < 4.78 is 23.9. The molecule has 3 heteroatoms. The van der Waals surface area contributed by atoms with Gasteiger partial charge in [-0.05, 0) is 12.3 Å². The van der Waals surface area contributed by atoms with E-state index in [-0.39, 0.29) is 6.42 Å². The van der Waals surface area contributed by atoms with Gasteiger partial charge in [0.05, 0.1) is 0 Å². The number of hydrogen-bond donors (Lipinski definition) is 1. The topological polar surface area (TPSA) is 20.2 Å². The van der Waals surface area contributed by atoms with Gasteiger partial charge in [0.1, 0.15) is 6.10 Å². The Bertz CT molecular complexity index is 122. The summed E-state index contributed by atoms with van der Waals surface area (Å²) in [5.41, 5.74) is 0. The summed E-state index contributed by atoms with van der Waals surface area (Å²) in [6.07, 6.45) is 1.87. The fourth-order valence-corrected chi connectivity index (χ4v) is 1.87. The molecular weight excluding hydrogens is 162 g/mol. The second kappa shape index (κ2) is 4.75. The summed E-state index contributed by atoms with van der Waals surface area (Å²) >= 11 is 0. The van der Waals surface area contributed by atoms with E-state index in [1.54, 1.807) is 0 Å². The van der Waals surface area contributed by atoms with Crippen LogP contribution in [0.15, 0.2) is 0 Å². The maximum atomic E-state index is 11.9. The van der Waals surface area contributed by atoms with E-state index in [4.69, 9.17) is 5.11 Å². The van der Waals surface area contributed by atoms with Crippen LogP contribution in [0.25, 0.3) is 0 Å². The standard InChI is InChI=1S/C9H16F2O/c10-9(11)8(12)6-7-4-2-1-3-5-7/h7-9,12H,1-6H2. The SMILES string of the molecule is OC(CC1CCCCC1)C(F)F. The van der Waals surface area contributed by atoms with Crippen LogP contribution in [-0.2, 0) is 0 Å². The first-order valence-corrected chi connectivity index (χ1v) is 4.66. The van der Waals surface area contributed by atoms with Crippen molar-refractivity contribution < 1.29 is 13.9 Å². The molecule has 1 rings (SSSR count). The number of hydrogen-bond acceptors (Lipinski definition) is 1. The van der Waals surface area contributed by atoms with Crippen LogP contribution in [0.5, 0.6) is 0 Å². The first-order chi connectivity index (χ1) is 5.70. The lowest BCUT2D eigenvalue weighted by Crippen LogP contribution is -2.22. The molecule has 0 heterocycles. The van der Waals surface area contributed by atoms with Crippen LogP contribution in [-0.4, -0.2) is 17.6 Å². The predicted octanol–water partition coefficient (Wildman–Crippen LogP) is 2.58. The molecule has 1 N–H and O–H groups in total. The summed E-state index contributed by atoms with van der Waals surface area (Å²) in [7, 11) is 0. The van der Waals surface area contributed by atoms with Gasteiger partial charge in [-0.3, -0.25) is 0 Å². The van der Waals surface area contributed by atoms with Gasteiger partial charge in [0.25, 0.3) is 6.43 Å². The van der Waals surface area contributed by atoms with Crippen LogP contribution in [0.2, 0.25) is 0 Å². The highest BCUT2D eigenvalue weighted by Crippen LogP contribution is 2.28. The van der Waals surface area contributed by atoms with E-state index < -0.39 is 12.5 Å². The highest BCUT2D eigenvalue weighted by Gasteiger charge is 2.22. The zero-order valence-corrected chi connectivity index (χ0v) is 7.18. The van der Waals surface area contributed by atoms with Crippen molar-refractivity contribution in [2.45, 2.75) is 51.1 Å². The number of alkyl halides is 2. The lowest BCUT2D eigenvalue weighted by molar-refractivity contribution is -0.0202. The van der Waals surface area contributed by atoms with Crippen molar-refractivity contribution in [3.05, 3.63) is 0 Å². The van der Waals surface area contributed by atoms with Gasteiger partial charge in [-0.2, -0.15) is 0 Å². The zero-order valence-electron chi connectivity index (χ0n) is 7.18. The Balaban J connectivity index is 2.20. The zero-order chi connectivity index (χ0) is 8.97. The molecule has 0 amide bonds. The van der Waals surface area contributed by atoms with Crippen molar-refractivity contribution in [2.75, 3.05) is 0 Å². The van der Waals surface area contributed by atoms with Gasteiger partial charge in [0, 0.05) is 0 Å². The normalized spacial score (nSPS) is 23.0. The number of halogens is 2. The maximum absolute atomic E-state index is 11.9. The fourth-order valence-electron chi connectivity index (χ4n) is 1.87. The molecule has 0 aromatic heterocycles. The van der Waals surface area contributed by atoms with Crippen LogP contribution in [0.4, 0.5) is 8.78 Å². The van der Waals surface area contributed by atoms with Crippen LogP contribution in [0, 0.1) is 5.92 Å². The minimum Gasteiger partial charge on any atom is -0.387 e. The van der Waals surface area contributed by atoms with Crippen molar-refractivity contribution in [3.63, 3.8) is 0 Å². The Morgan fingerprint density at radius 3 is 2.25 bits per heavy atom. The molecular formula is C9H16F2O. The lowest BCUT2D eigenvalue weighted by Gasteiger charge is -2.23. The molecule has 1 fully saturated rings. The average molecular weight is 178 g/mol. The molecule has 0 radical (unpaired) electrons. The Labute approximate surface area is 71.8 Å². The predicted molar refractivity (Wildman–Crippen MR) is 43.2 cm³/mol. The monoisotopic (exact) mass is 178 g/mol. The van der Waals surface area contributed by atoms with Crippen LogP contribution < -0.4 is 0 Å². The van der Waals surface area contributed by atoms with E-state index in [9.17, 15) is 8.78 Å². The number of rotatable bonds is 3. The van der Waals surface area contributed by atoms with Crippen molar-refractivity contribution >= 4 is 0 Å². The number of aliphatic hydroxyl groups excluding tert-OH is 1.